The van der Waals surface area contributed by atoms with Crippen LogP contribution in [0.2, 0.25) is 0 Å². The second-order valence-electron chi connectivity index (χ2n) is 7.68. The van der Waals surface area contributed by atoms with Crippen molar-refractivity contribution in [1.29, 1.82) is 0 Å². The summed E-state index contributed by atoms with van der Waals surface area (Å²) < 4.78 is 19.5. The van der Waals surface area contributed by atoms with E-state index in [0.717, 1.165) is 37.6 Å². The number of hydrogen-bond donors (Lipinski definition) is 2. The Hall–Kier alpha value is -1.09. The lowest BCUT2D eigenvalue weighted by molar-refractivity contribution is 0.138. The van der Waals surface area contributed by atoms with Crippen LogP contribution in [-0.2, 0) is 11.3 Å². The molecule has 2 N–H and O–H groups in total. The Morgan fingerprint density at radius 3 is 2.54 bits per heavy atom. The van der Waals surface area contributed by atoms with E-state index < -0.39 is 0 Å². The highest BCUT2D eigenvalue weighted by Crippen LogP contribution is 2.40. The maximum atomic E-state index is 14.2. The standard InChI is InChI=1S/C21H35FN4O.HI/c1-5-23-20(25-16-21(12-13-27-4)10-6-7-11-21)24-15-17-8-9-19(26(2)3)18(22)14-17;/h8-9,14H,5-7,10-13,15-16H2,1-4H3,(H2,23,24,25);1H. The first-order chi connectivity index (χ1) is 13.0. The number of guanidine groups is 1. The molecule has 0 bridgehead atoms. The van der Waals surface area contributed by atoms with Gasteiger partial charge in [0.05, 0.1) is 12.2 Å². The van der Waals surface area contributed by atoms with Crippen LogP contribution < -0.4 is 15.5 Å². The van der Waals surface area contributed by atoms with Crippen molar-refractivity contribution >= 4 is 35.6 Å². The molecule has 0 unspecified atom stereocenters. The number of rotatable bonds is 9. The van der Waals surface area contributed by atoms with Gasteiger partial charge in [0.15, 0.2) is 5.96 Å². The van der Waals surface area contributed by atoms with E-state index >= 15 is 0 Å². The number of benzene rings is 1. The molecular weight excluding hydrogens is 470 g/mol. The monoisotopic (exact) mass is 506 g/mol. The second-order valence-corrected chi connectivity index (χ2v) is 7.68. The third-order valence-corrected chi connectivity index (χ3v) is 5.39. The largest absolute Gasteiger partial charge is 0.385 e. The molecule has 0 spiro atoms. The Balaban J connectivity index is 0.00000392. The van der Waals surface area contributed by atoms with Crippen LogP contribution in [0.3, 0.4) is 0 Å². The van der Waals surface area contributed by atoms with Crippen molar-refractivity contribution in [3.05, 3.63) is 29.6 Å². The van der Waals surface area contributed by atoms with Gasteiger partial charge in [-0.1, -0.05) is 18.9 Å². The summed E-state index contributed by atoms with van der Waals surface area (Å²) in [5.74, 6) is 0.577. The van der Waals surface area contributed by atoms with Crippen molar-refractivity contribution in [2.45, 2.75) is 45.6 Å². The van der Waals surface area contributed by atoms with Gasteiger partial charge in [-0.05, 0) is 49.3 Å². The number of methoxy groups -OCH3 is 1. The molecule has 0 amide bonds. The molecule has 1 aromatic carbocycles. The average Bonchev–Trinajstić information content (AvgIpc) is 3.11. The highest BCUT2D eigenvalue weighted by atomic mass is 127. The van der Waals surface area contributed by atoms with E-state index in [1.54, 1.807) is 24.1 Å². The summed E-state index contributed by atoms with van der Waals surface area (Å²) in [5.41, 5.74) is 1.76. The third-order valence-electron chi connectivity index (χ3n) is 5.39. The van der Waals surface area contributed by atoms with E-state index in [1.165, 1.54) is 25.7 Å². The normalized spacial score (nSPS) is 15.8. The highest BCUT2D eigenvalue weighted by Gasteiger charge is 2.33. The minimum Gasteiger partial charge on any atom is -0.385 e. The molecule has 0 heterocycles. The average molecular weight is 506 g/mol. The lowest BCUT2D eigenvalue weighted by atomic mass is 9.83. The Labute approximate surface area is 186 Å². The van der Waals surface area contributed by atoms with Gasteiger partial charge in [-0.15, -0.1) is 24.0 Å². The molecule has 5 nitrogen and oxygen atoms in total. The van der Waals surface area contributed by atoms with Crippen LogP contribution in [0.4, 0.5) is 10.1 Å². The Bertz CT molecular complexity index is 618. The molecular formula is C21H36FIN4O. The summed E-state index contributed by atoms with van der Waals surface area (Å²) in [6, 6.07) is 5.31. The van der Waals surface area contributed by atoms with E-state index in [9.17, 15) is 4.39 Å². The van der Waals surface area contributed by atoms with Crippen LogP contribution in [0, 0.1) is 11.2 Å². The van der Waals surface area contributed by atoms with Gasteiger partial charge in [-0.3, -0.25) is 0 Å². The minimum absolute atomic E-state index is 0. The fourth-order valence-corrected chi connectivity index (χ4v) is 3.75. The van der Waals surface area contributed by atoms with Crippen molar-refractivity contribution in [2.24, 2.45) is 10.4 Å². The quantitative estimate of drug-likeness (QED) is 0.300. The summed E-state index contributed by atoms with van der Waals surface area (Å²) >= 11 is 0. The van der Waals surface area contributed by atoms with Gasteiger partial charge >= 0.3 is 0 Å². The van der Waals surface area contributed by atoms with Crippen molar-refractivity contribution in [3.8, 4) is 0 Å². The maximum absolute atomic E-state index is 14.2. The lowest BCUT2D eigenvalue weighted by Gasteiger charge is -2.30. The predicted octanol–water partition coefficient (Wildman–Crippen LogP) is 4.16. The molecule has 1 fully saturated rings. The van der Waals surface area contributed by atoms with E-state index in [-0.39, 0.29) is 29.8 Å². The molecule has 0 aromatic heterocycles. The van der Waals surface area contributed by atoms with Gasteiger partial charge in [0.2, 0.25) is 0 Å². The minimum atomic E-state index is -0.213. The van der Waals surface area contributed by atoms with Crippen molar-refractivity contribution in [2.75, 3.05) is 45.8 Å². The van der Waals surface area contributed by atoms with Crippen LogP contribution in [0.1, 0.15) is 44.6 Å². The first-order valence-corrected chi connectivity index (χ1v) is 9.96. The number of anilines is 1. The summed E-state index contributed by atoms with van der Waals surface area (Å²) in [6.07, 6.45) is 6.13. The number of ether oxygens (including phenoxy) is 1. The van der Waals surface area contributed by atoms with Gasteiger partial charge in [0.1, 0.15) is 5.82 Å². The SMILES string of the molecule is CCNC(=NCc1ccc(N(C)C)c(F)c1)NCC1(CCOC)CCCC1.I. The molecule has 1 saturated carbocycles. The van der Waals surface area contributed by atoms with E-state index in [2.05, 4.69) is 22.5 Å². The fraction of sp³-hybridized carbons (Fsp3) is 0.667. The molecule has 0 aliphatic heterocycles. The first-order valence-electron chi connectivity index (χ1n) is 9.96. The van der Waals surface area contributed by atoms with Crippen LogP contribution in [-0.4, -0.2) is 46.9 Å². The summed E-state index contributed by atoms with van der Waals surface area (Å²) in [5, 5.41) is 6.81. The number of hydrogen-bond acceptors (Lipinski definition) is 3. The molecule has 1 aliphatic carbocycles. The molecule has 160 valence electrons. The maximum Gasteiger partial charge on any atom is 0.191 e. The molecule has 0 atom stereocenters. The van der Waals surface area contributed by atoms with Gasteiger partial charge in [0, 0.05) is 40.9 Å². The Morgan fingerprint density at radius 2 is 1.96 bits per heavy atom. The van der Waals surface area contributed by atoms with Crippen molar-refractivity contribution in [1.82, 2.24) is 10.6 Å². The highest BCUT2D eigenvalue weighted by molar-refractivity contribution is 14.0. The van der Waals surface area contributed by atoms with Gasteiger partial charge < -0.3 is 20.3 Å². The van der Waals surface area contributed by atoms with E-state index in [0.29, 0.717) is 17.6 Å². The van der Waals surface area contributed by atoms with Crippen LogP contribution in [0.15, 0.2) is 23.2 Å². The topological polar surface area (TPSA) is 48.9 Å². The zero-order valence-corrected chi connectivity index (χ0v) is 20.0. The Morgan fingerprint density at radius 1 is 1.25 bits per heavy atom. The van der Waals surface area contributed by atoms with Crippen molar-refractivity contribution in [3.63, 3.8) is 0 Å². The molecule has 0 radical (unpaired) electrons. The van der Waals surface area contributed by atoms with Crippen LogP contribution in [0.25, 0.3) is 0 Å². The molecule has 1 aromatic rings. The number of halogens is 2. The summed E-state index contributed by atoms with van der Waals surface area (Å²) in [7, 11) is 5.44. The third kappa shape index (κ3) is 7.39. The van der Waals surface area contributed by atoms with Crippen molar-refractivity contribution < 1.29 is 9.13 Å². The second kappa shape index (κ2) is 12.5. The molecule has 0 saturated heterocycles. The number of nitrogens with zero attached hydrogens (tertiary/aromatic N) is 2. The smallest absolute Gasteiger partial charge is 0.191 e. The summed E-state index contributed by atoms with van der Waals surface area (Å²) in [6.45, 7) is 5.00. The van der Waals surface area contributed by atoms with Gasteiger partial charge in [-0.2, -0.15) is 0 Å². The van der Waals surface area contributed by atoms with Gasteiger partial charge in [-0.25, -0.2) is 9.38 Å². The van der Waals surface area contributed by atoms with Crippen LogP contribution in [0.5, 0.6) is 0 Å². The predicted molar refractivity (Wildman–Crippen MR) is 126 cm³/mol. The molecule has 2 rings (SSSR count). The van der Waals surface area contributed by atoms with E-state index in [1.807, 2.05) is 20.2 Å². The molecule has 7 heteroatoms. The van der Waals surface area contributed by atoms with E-state index in [4.69, 9.17) is 4.74 Å². The zero-order chi connectivity index (χ0) is 19.7. The van der Waals surface area contributed by atoms with Gasteiger partial charge in [0.25, 0.3) is 0 Å². The Kier molecular flexibility index (Phi) is 11.1. The summed E-state index contributed by atoms with van der Waals surface area (Å²) in [4.78, 5) is 6.43. The molecule has 28 heavy (non-hydrogen) atoms. The zero-order valence-electron chi connectivity index (χ0n) is 17.7. The number of aliphatic imine (C=N–C) groups is 1. The van der Waals surface area contributed by atoms with Crippen LogP contribution >= 0.6 is 24.0 Å². The first kappa shape index (κ1) is 24.9. The lowest BCUT2D eigenvalue weighted by Crippen LogP contribution is -2.43. The fourth-order valence-electron chi connectivity index (χ4n) is 3.75. The number of nitrogens with one attached hydrogen (secondary N) is 2. The molecule has 1 aliphatic rings.